The van der Waals surface area contributed by atoms with Crippen LogP contribution in [0.5, 0.6) is 0 Å². The Morgan fingerprint density at radius 1 is 1.42 bits per heavy atom. The van der Waals surface area contributed by atoms with E-state index in [1.165, 1.54) is 11.3 Å². The van der Waals surface area contributed by atoms with Crippen LogP contribution < -0.4 is 10.6 Å². The van der Waals surface area contributed by atoms with Crippen molar-refractivity contribution in [2.24, 2.45) is 0 Å². The fraction of sp³-hybridized carbons (Fsp3) is 0.538. The number of aliphatic hydroxyl groups excluding tert-OH is 1. The van der Waals surface area contributed by atoms with Gasteiger partial charge in [-0.25, -0.2) is 0 Å². The van der Waals surface area contributed by atoms with Gasteiger partial charge >= 0.3 is 0 Å². The first-order valence-corrected chi connectivity index (χ1v) is 7.11. The fourth-order valence-corrected chi connectivity index (χ4v) is 2.06. The summed E-state index contributed by atoms with van der Waals surface area (Å²) < 4.78 is 0. The Kier molecular flexibility index (Phi) is 5.98. The van der Waals surface area contributed by atoms with E-state index in [4.69, 9.17) is 5.11 Å². The molecule has 0 aromatic carbocycles. The summed E-state index contributed by atoms with van der Waals surface area (Å²) in [5, 5.41) is 18.1. The van der Waals surface area contributed by atoms with Crippen LogP contribution in [0.1, 0.15) is 37.0 Å². The predicted molar refractivity (Wildman–Crippen MR) is 75.2 cm³/mol. The van der Waals surface area contributed by atoms with Crippen molar-refractivity contribution < 1.29 is 14.7 Å². The molecule has 3 N–H and O–H groups in total. The molecule has 0 unspecified atom stereocenters. The standard InChI is InChI=1S/C13H20N2O3S/c1-13(2,9-16)15-11(17)4-3-6-14-12(18)10-5-7-19-8-10/h5,7-8,16H,3-4,6,9H2,1-2H3,(H,14,18)(H,15,17). The first kappa shape index (κ1) is 15.7. The molecule has 0 saturated heterocycles. The topological polar surface area (TPSA) is 78.4 Å². The summed E-state index contributed by atoms with van der Waals surface area (Å²) in [6.07, 6.45) is 0.899. The molecule has 0 aliphatic carbocycles. The number of aliphatic hydroxyl groups is 1. The molecule has 0 bridgehead atoms. The van der Waals surface area contributed by atoms with Crippen LogP contribution in [0.2, 0.25) is 0 Å². The van der Waals surface area contributed by atoms with Crippen molar-refractivity contribution in [3.8, 4) is 0 Å². The minimum Gasteiger partial charge on any atom is -0.394 e. The number of nitrogens with one attached hydrogen (secondary N) is 2. The highest BCUT2D eigenvalue weighted by atomic mass is 32.1. The second kappa shape index (κ2) is 7.25. The Hall–Kier alpha value is -1.40. The van der Waals surface area contributed by atoms with E-state index in [2.05, 4.69) is 10.6 Å². The Morgan fingerprint density at radius 3 is 2.74 bits per heavy atom. The van der Waals surface area contributed by atoms with Crippen LogP contribution in [0.4, 0.5) is 0 Å². The quantitative estimate of drug-likeness (QED) is 0.657. The largest absolute Gasteiger partial charge is 0.394 e. The molecule has 0 radical (unpaired) electrons. The van der Waals surface area contributed by atoms with Gasteiger partial charge in [-0.15, -0.1) is 0 Å². The van der Waals surface area contributed by atoms with Crippen LogP contribution in [0.3, 0.4) is 0 Å². The Balaban J connectivity index is 2.17. The third-order valence-electron chi connectivity index (χ3n) is 2.52. The summed E-state index contributed by atoms with van der Waals surface area (Å²) >= 11 is 1.47. The molecule has 0 saturated carbocycles. The van der Waals surface area contributed by atoms with Gasteiger partial charge in [-0.2, -0.15) is 11.3 Å². The maximum absolute atomic E-state index is 11.6. The van der Waals surface area contributed by atoms with Crippen molar-refractivity contribution in [1.29, 1.82) is 0 Å². The summed E-state index contributed by atoms with van der Waals surface area (Å²) in [5.41, 5.74) is 0.0488. The van der Waals surface area contributed by atoms with Crippen LogP contribution in [0, 0.1) is 0 Å². The first-order valence-electron chi connectivity index (χ1n) is 6.17. The Morgan fingerprint density at radius 2 is 2.16 bits per heavy atom. The molecule has 0 fully saturated rings. The zero-order chi connectivity index (χ0) is 14.3. The molecule has 1 aromatic heterocycles. The highest BCUT2D eigenvalue weighted by Gasteiger charge is 2.18. The molecule has 1 aromatic rings. The van der Waals surface area contributed by atoms with Crippen molar-refractivity contribution in [1.82, 2.24) is 10.6 Å². The van der Waals surface area contributed by atoms with E-state index in [-0.39, 0.29) is 18.4 Å². The number of hydrogen-bond acceptors (Lipinski definition) is 4. The molecule has 0 aliphatic rings. The van der Waals surface area contributed by atoms with Crippen LogP contribution in [0.15, 0.2) is 16.8 Å². The smallest absolute Gasteiger partial charge is 0.252 e. The predicted octanol–water partition coefficient (Wildman–Crippen LogP) is 1.15. The zero-order valence-electron chi connectivity index (χ0n) is 11.2. The van der Waals surface area contributed by atoms with E-state index in [1.54, 1.807) is 25.3 Å². The summed E-state index contributed by atoms with van der Waals surface area (Å²) in [7, 11) is 0. The summed E-state index contributed by atoms with van der Waals surface area (Å²) in [4.78, 5) is 23.1. The SMILES string of the molecule is CC(C)(CO)NC(=O)CCCNC(=O)c1ccsc1. The van der Waals surface area contributed by atoms with Gasteiger partial charge in [0.15, 0.2) is 0 Å². The molecule has 0 aliphatic heterocycles. The number of amides is 2. The van der Waals surface area contributed by atoms with E-state index in [9.17, 15) is 9.59 Å². The monoisotopic (exact) mass is 284 g/mol. The normalized spacial score (nSPS) is 11.1. The van der Waals surface area contributed by atoms with E-state index in [0.29, 0.717) is 24.9 Å². The Labute approximate surface area is 117 Å². The maximum atomic E-state index is 11.6. The molecule has 19 heavy (non-hydrogen) atoms. The lowest BCUT2D eigenvalue weighted by atomic mass is 10.1. The van der Waals surface area contributed by atoms with E-state index in [1.807, 2.05) is 5.38 Å². The number of carbonyl (C=O) groups is 2. The minimum absolute atomic E-state index is 0.104. The molecular formula is C13H20N2O3S. The van der Waals surface area contributed by atoms with Crippen LogP contribution in [-0.2, 0) is 4.79 Å². The highest BCUT2D eigenvalue weighted by molar-refractivity contribution is 7.08. The van der Waals surface area contributed by atoms with Crippen molar-refractivity contribution in [2.45, 2.75) is 32.2 Å². The van der Waals surface area contributed by atoms with Gasteiger partial charge < -0.3 is 15.7 Å². The summed E-state index contributed by atoms with van der Waals surface area (Å²) in [6, 6.07) is 1.76. The second-order valence-corrected chi connectivity index (χ2v) is 5.74. The van der Waals surface area contributed by atoms with E-state index < -0.39 is 5.54 Å². The molecule has 106 valence electrons. The number of hydrogen-bond donors (Lipinski definition) is 3. The molecule has 0 atom stereocenters. The molecule has 5 nitrogen and oxygen atoms in total. The second-order valence-electron chi connectivity index (χ2n) is 4.96. The molecule has 1 heterocycles. The fourth-order valence-electron chi connectivity index (χ4n) is 1.43. The van der Waals surface area contributed by atoms with Crippen molar-refractivity contribution in [3.05, 3.63) is 22.4 Å². The maximum Gasteiger partial charge on any atom is 0.252 e. The zero-order valence-corrected chi connectivity index (χ0v) is 12.0. The minimum atomic E-state index is -0.600. The van der Waals surface area contributed by atoms with Crippen LogP contribution in [-0.4, -0.2) is 35.6 Å². The van der Waals surface area contributed by atoms with Crippen molar-refractivity contribution in [2.75, 3.05) is 13.2 Å². The first-order chi connectivity index (χ1) is 8.94. The highest BCUT2D eigenvalue weighted by Crippen LogP contribution is 2.05. The lowest BCUT2D eigenvalue weighted by molar-refractivity contribution is -0.123. The number of carbonyl (C=O) groups excluding carboxylic acids is 2. The lowest BCUT2D eigenvalue weighted by Crippen LogP contribution is -2.46. The van der Waals surface area contributed by atoms with Gasteiger partial charge in [0.05, 0.1) is 12.1 Å². The van der Waals surface area contributed by atoms with Crippen molar-refractivity contribution in [3.63, 3.8) is 0 Å². The molecule has 0 spiro atoms. The molecular weight excluding hydrogens is 264 g/mol. The molecule has 6 heteroatoms. The number of rotatable bonds is 7. The van der Waals surface area contributed by atoms with Gasteiger partial charge in [0.2, 0.25) is 5.91 Å². The number of thiophene rings is 1. The lowest BCUT2D eigenvalue weighted by Gasteiger charge is -2.23. The summed E-state index contributed by atoms with van der Waals surface area (Å²) in [5.74, 6) is -0.235. The molecule has 2 amide bonds. The van der Waals surface area contributed by atoms with Gasteiger partial charge in [-0.1, -0.05) is 0 Å². The molecule has 1 rings (SSSR count). The van der Waals surface area contributed by atoms with Gasteiger partial charge in [0.25, 0.3) is 5.91 Å². The van der Waals surface area contributed by atoms with E-state index in [0.717, 1.165) is 0 Å². The van der Waals surface area contributed by atoms with Gasteiger partial charge in [0, 0.05) is 23.9 Å². The van der Waals surface area contributed by atoms with Gasteiger partial charge in [0.1, 0.15) is 0 Å². The average Bonchev–Trinajstić information content (AvgIpc) is 2.87. The third-order valence-corrected chi connectivity index (χ3v) is 3.21. The third kappa shape index (κ3) is 5.85. The van der Waals surface area contributed by atoms with Crippen LogP contribution in [0.25, 0.3) is 0 Å². The van der Waals surface area contributed by atoms with Crippen LogP contribution >= 0.6 is 11.3 Å². The summed E-state index contributed by atoms with van der Waals surface area (Å²) in [6.45, 7) is 3.86. The van der Waals surface area contributed by atoms with E-state index >= 15 is 0 Å². The average molecular weight is 284 g/mol. The van der Waals surface area contributed by atoms with Gasteiger partial charge in [-0.05, 0) is 31.7 Å². The Bertz CT molecular complexity index is 416. The van der Waals surface area contributed by atoms with Gasteiger partial charge in [-0.3, -0.25) is 9.59 Å². The van der Waals surface area contributed by atoms with Crippen molar-refractivity contribution >= 4 is 23.2 Å².